The summed E-state index contributed by atoms with van der Waals surface area (Å²) in [6.45, 7) is 11.4. The molecule has 0 aromatic heterocycles. The van der Waals surface area contributed by atoms with Gasteiger partial charge in [-0.15, -0.1) is 6.58 Å². The average molecular weight is 268 g/mol. The summed E-state index contributed by atoms with van der Waals surface area (Å²) >= 11 is 0. The minimum atomic E-state index is -1.42. The van der Waals surface area contributed by atoms with Crippen LogP contribution in [-0.4, -0.2) is 25.2 Å². The van der Waals surface area contributed by atoms with Crippen molar-refractivity contribution >= 4 is 11.9 Å². The van der Waals surface area contributed by atoms with E-state index < -0.39 is 17.4 Å². The van der Waals surface area contributed by atoms with Crippen LogP contribution < -0.4 is 0 Å². The molecule has 0 aliphatic rings. The van der Waals surface area contributed by atoms with Gasteiger partial charge in [0.25, 0.3) is 0 Å². The van der Waals surface area contributed by atoms with Crippen molar-refractivity contribution in [2.75, 3.05) is 13.2 Å². The van der Waals surface area contributed by atoms with Crippen molar-refractivity contribution in [1.82, 2.24) is 0 Å². The predicted molar refractivity (Wildman–Crippen MR) is 74.5 cm³/mol. The van der Waals surface area contributed by atoms with E-state index in [1.165, 1.54) is 6.08 Å². The van der Waals surface area contributed by atoms with E-state index in [1.54, 1.807) is 26.0 Å². The third-order valence-electron chi connectivity index (χ3n) is 2.51. The van der Waals surface area contributed by atoms with Gasteiger partial charge in [-0.1, -0.05) is 32.1 Å². The molecule has 0 bridgehead atoms. The Hall–Kier alpha value is -1.58. The van der Waals surface area contributed by atoms with Crippen LogP contribution in [-0.2, 0) is 19.1 Å². The highest BCUT2D eigenvalue weighted by atomic mass is 16.6. The maximum Gasteiger partial charge on any atom is 0.327 e. The van der Waals surface area contributed by atoms with Gasteiger partial charge in [0.2, 0.25) is 0 Å². The fourth-order valence-corrected chi connectivity index (χ4v) is 1.56. The van der Waals surface area contributed by atoms with Crippen molar-refractivity contribution in [2.45, 2.75) is 34.1 Å². The molecule has 0 rings (SSSR count). The molecule has 19 heavy (non-hydrogen) atoms. The van der Waals surface area contributed by atoms with Crippen molar-refractivity contribution in [3.05, 3.63) is 24.8 Å². The van der Waals surface area contributed by atoms with Crippen LogP contribution in [0.2, 0.25) is 0 Å². The maximum atomic E-state index is 12.2. The highest BCUT2D eigenvalue weighted by Crippen LogP contribution is 2.29. The molecule has 0 aliphatic heterocycles. The van der Waals surface area contributed by atoms with Gasteiger partial charge in [-0.2, -0.15) is 0 Å². The minimum absolute atomic E-state index is 0.161. The molecule has 0 spiro atoms. The van der Waals surface area contributed by atoms with Crippen molar-refractivity contribution < 1.29 is 19.1 Å². The zero-order chi connectivity index (χ0) is 14.9. The number of carbonyl (C=O) groups excluding carboxylic acids is 2. The van der Waals surface area contributed by atoms with Gasteiger partial charge in [-0.25, -0.2) is 0 Å². The molecule has 0 heterocycles. The summed E-state index contributed by atoms with van der Waals surface area (Å²) in [5.74, 6) is -0.969. The lowest BCUT2D eigenvalue weighted by Gasteiger charge is -2.25. The topological polar surface area (TPSA) is 52.6 Å². The second-order valence-corrected chi connectivity index (χ2v) is 4.51. The van der Waals surface area contributed by atoms with Crippen molar-refractivity contribution in [1.29, 1.82) is 0 Å². The molecular formula is C15H24O4. The molecule has 0 radical (unpaired) electrons. The Bertz CT molecular complexity index is 324. The molecule has 0 amide bonds. The molecule has 0 aromatic rings. The standard InChI is InChI=1S/C15H24O4/c1-6-10-15(11-9-12(4)5,13(16)18-7-2)14(17)19-8-3/h6,9,11-12H,1,7-8,10H2,2-5H3. The van der Waals surface area contributed by atoms with E-state index in [-0.39, 0.29) is 25.6 Å². The number of ether oxygens (including phenoxy) is 2. The first kappa shape index (κ1) is 17.4. The SMILES string of the molecule is C=CCC(C=CC(C)C)(C(=O)OCC)C(=O)OCC. The Morgan fingerprint density at radius 1 is 1.16 bits per heavy atom. The Labute approximate surface area is 115 Å². The highest BCUT2D eigenvalue weighted by molar-refractivity contribution is 6.02. The third-order valence-corrected chi connectivity index (χ3v) is 2.51. The molecule has 0 saturated carbocycles. The molecule has 0 N–H and O–H groups in total. The van der Waals surface area contributed by atoms with Crippen LogP contribution in [0.1, 0.15) is 34.1 Å². The Kier molecular flexibility index (Phi) is 7.80. The quantitative estimate of drug-likeness (QED) is 0.386. The van der Waals surface area contributed by atoms with Gasteiger partial charge in [-0.3, -0.25) is 9.59 Å². The largest absolute Gasteiger partial charge is 0.465 e. The Morgan fingerprint density at radius 3 is 1.95 bits per heavy atom. The zero-order valence-corrected chi connectivity index (χ0v) is 12.3. The van der Waals surface area contributed by atoms with Crippen LogP contribution in [0.5, 0.6) is 0 Å². The number of allylic oxidation sites excluding steroid dienone is 2. The first-order valence-corrected chi connectivity index (χ1v) is 6.59. The van der Waals surface area contributed by atoms with Gasteiger partial charge in [0, 0.05) is 0 Å². The first-order chi connectivity index (χ1) is 8.94. The molecule has 0 fully saturated rings. The number of hydrogen-bond acceptors (Lipinski definition) is 4. The molecule has 0 saturated heterocycles. The van der Waals surface area contributed by atoms with E-state index in [4.69, 9.17) is 9.47 Å². The van der Waals surface area contributed by atoms with Gasteiger partial charge in [0.1, 0.15) is 0 Å². The first-order valence-electron chi connectivity index (χ1n) is 6.59. The van der Waals surface area contributed by atoms with Gasteiger partial charge in [-0.05, 0) is 26.2 Å². The second-order valence-electron chi connectivity index (χ2n) is 4.51. The monoisotopic (exact) mass is 268 g/mol. The van der Waals surface area contributed by atoms with Crippen LogP contribution >= 0.6 is 0 Å². The lowest BCUT2D eigenvalue weighted by Crippen LogP contribution is -2.40. The summed E-state index contributed by atoms with van der Waals surface area (Å²) in [4.78, 5) is 24.3. The fourth-order valence-electron chi connectivity index (χ4n) is 1.56. The fraction of sp³-hybridized carbons (Fsp3) is 0.600. The van der Waals surface area contributed by atoms with E-state index in [1.807, 2.05) is 13.8 Å². The lowest BCUT2D eigenvalue weighted by molar-refractivity contribution is -0.167. The normalized spacial score (nSPS) is 11.6. The number of carbonyl (C=O) groups is 2. The van der Waals surface area contributed by atoms with Crippen LogP contribution in [0.25, 0.3) is 0 Å². The summed E-state index contributed by atoms with van der Waals surface area (Å²) in [6.07, 6.45) is 5.07. The van der Waals surface area contributed by atoms with Crippen molar-refractivity contribution in [2.24, 2.45) is 11.3 Å². The maximum absolute atomic E-state index is 12.2. The second kappa shape index (κ2) is 8.51. The van der Waals surface area contributed by atoms with E-state index in [2.05, 4.69) is 6.58 Å². The van der Waals surface area contributed by atoms with Crippen LogP contribution in [0.4, 0.5) is 0 Å². The van der Waals surface area contributed by atoms with Gasteiger partial charge >= 0.3 is 11.9 Å². The molecule has 0 atom stereocenters. The van der Waals surface area contributed by atoms with E-state index in [9.17, 15) is 9.59 Å². The number of hydrogen-bond donors (Lipinski definition) is 0. The lowest BCUT2D eigenvalue weighted by atomic mass is 9.83. The molecule has 4 nitrogen and oxygen atoms in total. The zero-order valence-electron chi connectivity index (χ0n) is 12.3. The smallest absolute Gasteiger partial charge is 0.327 e. The van der Waals surface area contributed by atoms with Crippen molar-refractivity contribution in [3.8, 4) is 0 Å². The van der Waals surface area contributed by atoms with E-state index in [0.717, 1.165) is 0 Å². The third kappa shape index (κ3) is 4.89. The summed E-state index contributed by atoms with van der Waals surface area (Å²) in [7, 11) is 0. The minimum Gasteiger partial charge on any atom is -0.465 e. The number of esters is 2. The molecule has 0 aliphatic carbocycles. The molecule has 108 valence electrons. The predicted octanol–water partition coefficient (Wildman–Crippen LogP) is 2.89. The van der Waals surface area contributed by atoms with Gasteiger partial charge in [0.05, 0.1) is 13.2 Å². The van der Waals surface area contributed by atoms with E-state index in [0.29, 0.717) is 0 Å². The summed E-state index contributed by atoms with van der Waals surface area (Å²) < 4.78 is 10.0. The molecular weight excluding hydrogens is 244 g/mol. The molecule has 0 unspecified atom stereocenters. The Balaban J connectivity index is 5.51. The van der Waals surface area contributed by atoms with Crippen LogP contribution in [0.3, 0.4) is 0 Å². The summed E-state index contributed by atoms with van der Waals surface area (Å²) in [5, 5.41) is 0. The average Bonchev–Trinajstić information content (AvgIpc) is 2.34. The van der Waals surface area contributed by atoms with Gasteiger partial charge < -0.3 is 9.47 Å². The summed E-state index contributed by atoms with van der Waals surface area (Å²) in [6, 6.07) is 0. The molecule has 0 aromatic carbocycles. The summed E-state index contributed by atoms with van der Waals surface area (Å²) in [5.41, 5.74) is -1.42. The molecule has 4 heteroatoms. The van der Waals surface area contributed by atoms with Crippen LogP contribution in [0.15, 0.2) is 24.8 Å². The van der Waals surface area contributed by atoms with Crippen LogP contribution in [0, 0.1) is 11.3 Å². The van der Waals surface area contributed by atoms with Crippen molar-refractivity contribution in [3.63, 3.8) is 0 Å². The highest BCUT2D eigenvalue weighted by Gasteiger charge is 2.45. The number of rotatable bonds is 8. The van der Waals surface area contributed by atoms with Gasteiger partial charge in [0.15, 0.2) is 5.41 Å². The Morgan fingerprint density at radius 2 is 1.63 bits per heavy atom. The van der Waals surface area contributed by atoms with E-state index >= 15 is 0 Å².